The van der Waals surface area contributed by atoms with E-state index in [0.29, 0.717) is 24.1 Å². The summed E-state index contributed by atoms with van der Waals surface area (Å²) in [6, 6.07) is 7.55. The molecule has 0 aliphatic rings. The lowest BCUT2D eigenvalue weighted by Gasteiger charge is -2.07. The van der Waals surface area contributed by atoms with Gasteiger partial charge in [-0.3, -0.25) is 4.98 Å². The second-order valence-corrected chi connectivity index (χ2v) is 4.16. The van der Waals surface area contributed by atoms with Crippen molar-refractivity contribution in [1.82, 2.24) is 9.97 Å². The molecule has 18 heavy (non-hydrogen) atoms. The van der Waals surface area contributed by atoms with Crippen molar-refractivity contribution in [3.8, 4) is 5.88 Å². The average Bonchev–Trinajstić information content (AvgIpc) is 2.42. The van der Waals surface area contributed by atoms with Crippen LogP contribution in [-0.4, -0.2) is 16.6 Å². The Hall–Kier alpha value is -1.65. The van der Waals surface area contributed by atoms with E-state index in [-0.39, 0.29) is 0 Å². The van der Waals surface area contributed by atoms with Crippen molar-refractivity contribution in [3.05, 3.63) is 52.9 Å². The molecule has 5 heteroatoms. The molecule has 2 heterocycles. The van der Waals surface area contributed by atoms with Gasteiger partial charge in [-0.2, -0.15) is 0 Å². The maximum Gasteiger partial charge on any atom is 0.232 e. The van der Waals surface area contributed by atoms with Crippen LogP contribution in [0.2, 0.25) is 5.02 Å². The minimum atomic E-state index is 0.418. The fraction of sp³-hybridized carbons (Fsp3) is 0.231. The zero-order valence-electron chi connectivity index (χ0n) is 9.84. The van der Waals surface area contributed by atoms with Crippen LogP contribution in [0.4, 0.5) is 0 Å². The van der Waals surface area contributed by atoms with E-state index >= 15 is 0 Å². The Bertz CT molecular complexity index is 505. The predicted octanol–water partition coefficient (Wildman–Crippen LogP) is 2.21. The van der Waals surface area contributed by atoms with Gasteiger partial charge in [0.15, 0.2) is 0 Å². The smallest absolute Gasteiger partial charge is 0.232 e. The third-order valence-electron chi connectivity index (χ3n) is 2.42. The van der Waals surface area contributed by atoms with Crippen molar-refractivity contribution in [3.63, 3.8) is 0 Å². The molecule has 0 aromatic carbocycles. The quantitative estimate of drug-likeness (QED) is 0.898. The first kappa shape index (κ1) is 12.8. The molecule has 94 valence electrons. The molecule has 0 saturated carbocycles. The zero-order valence-corrected chi connectivity index (χ0v) is 10.6. The summed E-state index contributed by atoms with van der Waals surface area (Å²) in [5, 5.41) is 0.485. The number of nitrogens with zero attached hydrogens (tertiary/aromatic N) is 2. The summed E-state index contributed by atoms with van der Waals surface area (Å²) in [6.07, 6.45) is 4.15. The number of ether oxygens (including phenoxy) is 1. The van der Waals surface area contributed by atoms with Crippen LogP contribution in [-0.2, 0) is 13.0 Å². The molecule has 2 aromatic heterocycles. The van der Waals surface area contributed by atoms with E-state index in [1.165, 1.54) is 0 Å². The van der Waals surface area contributed by atoms with Crippen molar-refractivity contribution in [2.24, 2.45) is 5.73 Å². The fourth-order valence-corrected chi connectivity index (χ4v) is 1.72. The number of aromatic nitrogens is 2. The molecular formula is C13H14ClN3O. The topological polar surface area (TPSA) is 61.0 Å². The van der Waals surface area contributed by atoms with E-state index in [9.17, 15) is 0 Å². The first-order valence-corrected chi connectivity index (χ1v) is 6.04. The van der Waals surface area contributed by atoms with Crippen molar-refractivity contribution < 1.29 is 4.74 Å². The molecule has 0 unspecified atom stereocenters. The lowest BCUT2D eigenvalue weighted by Crippen LogP contribution is -2.05. The van der Waals surface area contributed by atoms with Gasteiger partial charge in [-0.15, -0.1) is 0 Å². The van der Waals surface area contributed by atoms with E-state index < -0.39 is 0 Å². The van der Waals surface area contributed by atoms with Gasteiger partial charge in [-0.25, -0.2) is 4.98 Å². The molecule has 0 saturated heterocycles. The average molecular weight is 264 g/mol. The van der Waals surface area contributed by atoms with Gasteiger partial charge in [-0.1, -0.05) is 17.7 Å². The molecule has 0 aliphatic heterocycles. The number of hydrogen-bond donors (Lipinski definition) is 1. The molecule has 0 fully saturated rings. The van der Waals surface area contributed by atoms with Gasteiger partial charge in [0.05, 0.1) is 6.61 Å². The number of halogens is 1. The molecule has 0 amide bonds. The van der Waals surface area contributed by atoms with E-state index in [1.807, 2.05) is 18.2 Å². The summed E-state index contributed by atoms with van der Waals surface area (Å²) >= 11 is 6.03. The number of nitrogens with two attached hydrogens (primary N) is 1. The summed E-state index contributed by atoms with van der Waals surface area (Å²) in [5.41, 5.74) is 7.36. The number of rotatable bonds is 5. The molecule has 0 radical (unpaired) electrons. The van der Waals surface area contributed by atoms with Gasteiger partial charge in [-0.05, 0) is 23.8 Å². The highest BCUT2D eigenvalue weighted by Gasteiger charge is 2.04. The Labute approximate surface area is 111 Å². The summed E-state index contributed by atoms with van der Waals surface area (Å²) in [5.74, 6) is 0.435. The van der Waals surface area contributed by atoms with Gasteiger partial charge in [0.2, 0.25) is 5.88 Å². The predicted molar refractivity (Wildman–Crippen MR) is 70.6 cm³/mol. The van der Waals surface area contributed by atoms with Gasteiger partial charge < -0.3 is 10.5 Å². The minimum absolute atomic E-state index is 0.418. The lowest BCUT2D eigenvalue weighted by atomic mass is 10.3. The zero-order chi connectivity index (χ0) is 12.8. The van der Waals surface area contributed by atoms with E-state index in [1.54, 1.807) is 18.5 Å². The molecule has 4 nitrogen and oxygen atoms in total. The standard InChI is InChI=1S/C13H14ClN3O/c14-12-7-10(8-15)9-17-13(12)18-6-4-11-3-1-2-5-16-11/h1-3,5,7,9H,4,6,8,15H2. The van der Waals surface area contributed by atoms with E-state index in [2.05, 4.69) is 9.97 Å². The molecule has 0 spiro atoms. The van der Waals surface area contributed by atoms with Crippen molar-refractivity contribution in [2.75, 3.05) is 6.61 Å². The molecule has 2 N–H and O–H groups in total. The third kappa shape index (κ3) is 3.42. The first-order chi connectivity index (χ1) is 8.79. The molecule has 2 aromatic rings. The van der Waals surface area contributed by atoms with Crippen LogP contribution in [0.5, 0.6) is 5.88 Å². The van der Waals surface area contributed by atoms with Gasteiger partial charge >= 0.3 is 0 Å². The van der Waals surface area contributed by atoms with E-state index in [0.717, 1.165) is 17.7 Å². The van der Waals surface area contributed by atoms with Crippen LogP contribution >= 0.6 is 11.6 Å². The highest BCUT2D eigenvalue weighted by molar-refractivity contribution is 6.31. The Kier molecular flexibility index (Phi) is 4.50. The monoisotopic (exact) mass is 263 g/mol. The normalized spacial score (nSPS) is 10.3. The van der Waals surface area contributed by atoms with E-state index in [4.69, 9.17) is 22.1 Å². The van der Waals surface area contributed by atoms with Gasteiger partial charge in [0.1, 0.15) is 5.02 Å². The van der Waals surface area contributed by atoms with Crippen LogP contribution in [0.1, 0.15) is 11.3 Å². The largest absolute Gasteiger partial charge is 0.476 e. The molecule has 2 rings (SSSR count). The lowest BCUT2D eigenvalue weighted by molar-refractivity contribution is 0.308. The summed E-state index contributed by atoms with van der Waals surface area (Å²) in [7, 11) is 0. The Morgan fingerprint density at radius 1 is 1.28 bits per heavy atom. The minimum Gasteiger partial charge on any atom is -0.476 e. The second-order valence-electron chi connectivity index (χ2n) is 3.75. The Balaban J connectivity index is 1.91. The summed E-state index contributed by atoms with van der Waals surface area (Å²) in [4.78, 5) is 8.34. The first-order valence-electron chi connectivity index (χ1n) is 5.67. The molecule has 0 aliphatic carbocycles. The van der Waals surface area contributed by atoms with Crippen molar-refractivity contribution in [2.45, 2.75) is 13.0 Å². The summed E-state index contributed by atoms with van der Waals surface area (Å²) in [6.45, 7) is 0.909. The van der Waals surface area contributed by atoms with Gasteiger partial charge in [0.25, 0.3) is 0 Å². The highest BCUT2D eigenvalue weighted by Crippen LogP contribution is 2.22. The fourth-order valence-electron chi connectivity index (χ4n) is 1.48. The third-order valence-corrected chi connectivity index (χ3v) is 2.69. The van der Waals surface area contributed by atoms with Crippen LogP contribution in [0.15, 0.2) is 36.7 Å². The van der Waals surface area contributed by atoms with Crippen LogP contribution in [0, 0.1) is 0 Å². The Morgan fingerprint density at radius 3 is 2.83 bits per heavy atom. The number of hydrogen-bond acceptors (Lipinski definition) is 4. The molecule has 0 atom stereocenters. The van der Waals surface area contributed by atoms with Crippen molar-refractivity contribution >= 4 is 11.6 Å². The Morgan fingerprint density at radius 2 is 2.17 bits per heavy atom. The number of pyridine rings is 2. The van der Waals surface area contributed by atoms with Crippen molar-refractivity contribution in [1.29, 1.82) is 0 Å². The second kappa shape index (κ2) is 6.33. The molecule has 0 bridgehead atoms. The van der Waals surface area contributed by atoms with Crippen LogP contribution in [0.3, 0.4) is 0 Å². The summed E-state index contributed by atoms with van der Waals surface area (Å²) < 4.78 is 5.52. The van der Waals surface area contributed by atoms with Crippen LogP contribution in [0.25, 0.3) is 0 Å². The highest BCUT2D eigenvalue weighted by atomic mass is 35.5. The SMILES string of the molecule is NCc1cnc(OCCc2ccccn2)c(Cl)c1. The maximum absolute atomic E-state index is 6.03. The maximum atomic E-state index is 6.03. The molecular weight excluding hydrogens is 250 g/mol. The van der Waals surface area contributed by atoms with Gasteiger partial charge in [0, 0.05) is 31.1 Å². The van der Waals surface area contributed by atoms with Crippen LogP contribution < -0.4 is 10.5 Å².